The van der Waals surface area contributed by atoms with Gasteiger partial charge in [-0.1, -0.05) is 51.1 Å². The van der Waals surface area contributed by atoms with Crippen LogP contribution in [0.1, 0.15) is 38.9 Å². The molecule has 0 aliphatic carbocycles. The van der Waals surface area contributed by atoms with E-state index in [1.54, 1.807) is 0 Å². The van der Waals surface area contributed by atoms with Crippen molar-refractivity contribution in [2.45, 2.75) is 57.5 Å². The van der Waals surface area contributed by atoms with E-state index in [9.17, 15) is 0 Å². The second-order valence-electron chi connectivity index (χ2n) is 6.99. The molecular formula is C17H26O2Si. The van der Waals surface area contributed by atoms with E-state index >= 15 is 0 Å². The van der Waals surface area contributed by atoms with Gasteiger partial charge in [-0.2, -0.15) is 0 Å². The highest BCUT2D eigenvalue weighted by Gasteiger charge is 2.41. The maximum absolute atomic E-state index is 6.57. The lowest BCUT2D eigenvalue weighted by Crippen LogP contribution is -2.46. The van der Waals surface area contributed by atoms with Crippen molar-refractivity contribution in [3.05, 3.63) is 48.2 Å². The molecule has 110 valence electrons. The van der Waals surface area contributed by atoms with E-state index in [1.165, 1.54) is 5.56 Å². The van der Waals surface area contributed by atoms with E-state index < -0.39 is 8.32 Å². The number of hydrogen-bond donors (Lipinski definition) is 0. The minimum atomic E-state index is -1.78. The Morgan fingerprint density at radius 2 is 1.80 bits per heavy atom. The molecule has 1 aliphatic heterocycles. The highest BCUT2D eigenvalue weighted by atomic mass is 28.4. The Morgan fingerprint density at radius 3 is 2.40 bits per heavy atom. The standard InChI is InChI=1S/C17H26O2Si/c1-17(2,3)20(4,5)19-15-12-9-13-18-16(15)14-10-7-6-8-11-14/h6-11,13,15-16H,12H2,1-5H3/t15-,16-/m1/s1. The van der Waals surface area contributed by atoms with Crippen LogP contribution in [0.2, 0.25) is 18.1 Å². The third-order valence-corrected chi connectivity index (χ3v) is 8.91. The molecular weight excluding hydrogens is 264 g/mol. The Hall–Kier alpha value is -1.06. The van der Waals surface area contributed by atoms with Gasteiger partial charge in [-0.05, 0) is 36.2 Å². The van der Waals surface area contributed by atoms with Gasteiger partial charge in [-0.25, -0.2) is 0 Å². The van der Waals surface area contributed by atoms with E-state index in [0.29, 0.717) is 0 Å². The van der Waals surface area contributed by atoms with Gasteiger partial charge < -0.3 is 9.16 Å². The normalized spacial score (nSPS) is 23.4. The second kappa shape index (κ2) is 5.74. The fourth-order valence-electron chi connectivity index (χ4n) is 2.14. The summed E-state index contributed by atoms with van der Waals surface area (Å²) >= 11 is 0. The lowest BCUT2D eigenvalue weighted by atomic mass is 10.0. The number of hydrogen-bond acceptors (Lipinski definition) is 2. The molecule has 1 heterocycles. The van der Waals surface area contributed by atoms with E-state index in [2.05, 4.69) is 64.2 Å². The highest BCUT2D eigenvalue weighted by molar-refractivity contribution is 6.74. The smallest absolute Gasteiger partial charge is 0.192 e. The van der Waals surface area contributed by atoms with Crippen molar-refractivity contribution in [1.82, 2.24) is 0 Å². The molecule has 0 bridgehead atoms. The second-order valence-corrected chi connectivity index (χ2v) is 11.7. The zero-order valence-corrected chi connectivity index (χ0v) is 14.2. The number of ether oxygens (including phenoxy) is 1. The van der Waals surface area contributed by atoms with Crippen LogP contribution in [-0.2, 0) is 9.16 Å². The fraction of sp³-hybridized carbons (Fsp3) is 0.529. The molecule has 1 aromatic rings. The summed E-state index contributed by atoms with van der Waals surface area (Å²) in [5, 5.41) is 0.218. The van der Waals surface area contributed by atoms with Crippen molar-refractivity contribution in [2.75, 3.05) is 0 Å². The van der Waals surface area contributed by atoms with Crippen LogP contribution < -0.4 is 0 Å². The predicted molar refractivity (Wildman–Crippen MR) is 86.1 cm³/mol. The van der Waals surface area contributed by atoms with Crippen molar-refractivity contribution in [1.29, 1.82) is 0 Å². The van der Waals surface area contributed by atoms with Crippen LogP contribution in [0.15, 0.2) is 42.7 Å². The summed E-state index contributed by atoms with van der Waals surface area (Å²) in [6.07, 6.45) is 4.92. The molecule has 0 unspecified atom stereocenters. The molecule has 0 fully saturated rings. The van der Waals surface area contributed by atoms with E-state index in [1.807, 2.05) is 12.3 Å². The lowest BCUT2D eigenvalue weighted by molar-refractivity contribution is 0.00452. The molecule has 0 saturated carbocycles. The van der Waals surface area contributed by atoms with Crippen molar-refractivity contribution >= 4 is 8.32 Å². The summed E-state index contributed by atoms with van der Waals surface area (Å²) in [5.41, 5.74) is 1.19. The molecule has 20 heavy (non-hydrogen) atoms. The Bertz CT molecular complexity index is 460. The molecule has 2 nitrogen and oxygen atoms in total. The average Bonchev–Trinajstić information content (AvgIpc) is 2.38. The molecule has 1 aromatic carbocycles. The molecule has 0 amide bonds. The first-order chi connectivity index (χ1) is 9.31. The maximum Gasteiger partial charge on any atom is 0.192 e. The van der Waals surface area contributed by atoms with Crippen LogP contribution in [0.4, 0.5) is 0 Å². The minimum absolute atomic E-state index is 0.00956. The quantitative estimate of drug-likeness (QED) is 0.725. The Morgan fingerprint density at radius 1 is 1.15 bits per heavy atom. The first kappa shape index (κ1) is 15.3. The van der Waals surface area contributed by atoms with Crippen LogP contribution in [0.25, 0.3) is 0 Å². The van der Waals surface area contributed by atoms with Gasteiger partial charge in [0.1, 0.15) is 6.10 Å². The summed E-state index contributed by atoms with van der Waals surface area (Å²) in [6, 6.07) is 10.4. The minimum Gasteiger partial charge on any atom is -0.491 e. The van der Waals surface area contributed by atoms with E-state index in [0.717, 1.165) is 6.42 Å². The molecule has 2 rings (SSSR count). The van der Waals surface area contributed by atoms with Crippen molar-refractivity contribution < 1.29 is 9.16 Å². The molecule has 0 saturated heterocycles. The van der Waals surface area contributed by atoms with Gasteiger partial charge in [-0.3, -0.25) is 0 Å². The molecule has 0 N–H and O–H groups in total. The van der Waals surface area contributed by atoms with Crippen LogP contribution in [0.5, 0.6) is 0 Å². The van der Waals surface area contributed by atoms with Crippen LogP contribution in [-0.4, -0.2) is 14.4 Å². The van der Waals surface area contributed by atoms with Gasteiger partial charge >= 0.3 is 0 Å². The van der Waals surface area contributed by atoms with Crippen LogP contribution in [0.3, 0.4) is 0 Å². The molecule has 2 atom stereocenters. The van der Waals surface area contributed by atoms with Crippen molar-refractivity contribution in [3.63, 3.8) is 0 Å². The van der Waals surface area contributed by atoms with Gasteiger partial charge in [-0.15, -0.1) is 0 Å². The molecule has 0 radical (unpaired) electrons. The fourth-order valence-corrected chi connectivity index (χ4v) is 3.47. The van der Waals surface area contributed by atoms with Crippen molar-refractivity contribution in [3.8, 4) is 0 Å². The average molecular weight is 290 g/mol. The van der Waals surface area contributed by atoms with Gasteiger partial charge in [0.15, 0.2) is 8.32 Å². The van der Waals surface area contributed by atoms with Gasteiger partial charge in [0.25, 0.3) is 0 Å². The van der Waals surface area contributed by atoms with Crippen molar-refractivity contribution in [2.24, 2.45) is 0 Å². The molecule has 1 aliphatic rings. The van der Waals surface area contributed by atoms with Gasteiger partial charge in [0, 0.05) is 0 Å². The number of rotatable bonds is 3. The Kier molecular flexibility index (Phi) is 4.40. The first-order valence-electron chi connectivity index (χ1n) is 7.34. The molecule has 3 heteroatoms. The van der Waals surface area contributed by atoms with Gasteiger partial charge in [0.05, 0.1) is 12.4 Å². The third-order valence-electron chi connectivity index (χ3n) is 4.41. The SMILES string of the molecule is CC(C)(C)[Si](C)(C)O[C@@H]1CC=CO[C@@H]1c1ccccc1. The van der Waals surface area contributed by atoms with Crippen LogP contribution in [0, 0.1) is 0 Å². The summed E-state index contributed by atoms with van der Waals surface area (Å²) in [4.78, 5) is 0. The lowest BCUT2D eigenvalue weighted by Gasteiger charge is -2.41. The summed E-state index contributed by atoms with van der Waals surface area (Å²) in [7, 11) is -1.78. The summed E-state index contributed by atoms with van der Waals surface area (Å²) in [5.74, 6) is 0. The predicted octanol–water partition coefficient (Wildman–Crippen LogP) is 5.05. The first-order valence-corrected chi connectivity index (χ1v) is 10.3. The topological polar surface area (TPSA) is 18.5 Å². The van der Waals surface area contributed by atoms with Gasteiger partial charge in [0.2, 0.25) is 0 Å². The largest absolute Gasteiger partial charge is 0.491 e. The molecule has 0 aromatic heterocycles. The number of benzene rings is 1. The Labute approximate surface area is 123 Å². The maximum atomic E-state index is 6.57. The zero-order chi connectivity index (χ0) is 14.8. The monoisotopic (exact) mass is 290 g/mol. The van der Waals surface area contributed by atoms with Crippen LogP contribution >= 0.6 is 0 Å². The summed E-state index contributed by atoms with van der Waals surface area (Å²) in [6.45, 7) is 11.4. The highest BCUT2D eigenvalue weighted by Crippen LogP contribution is 2.40. The Balaban J connectivity index is 2.19. The van der Waals surface area contributed by atoms with E-state index in [4.69, 9.17) is 9.16 Å². The zero-order valence-electron chi connectivity index (χ0n) is 13.2. The summed E-state index contributed by atoms with van der Waals surface area (Å²) < 4.78 is 12.4. The third kappa shape index (κ3) is 3.33. The van der Waals surface area contributed by atoms with E-state index in [-0.39, 0.29) is 17.2 Å². The molecule has 0 spiro atoms.